The lowest BCUT2D eigenvalue weighted by Gasteiger charge is -2.15. The summed E-state index contributed by atoms with van der Waals surface area (Å²) in [6, 6.07) is 9.67. The number of nitrogens with zero attached hydrogens (tertiary/aromatic N) is 2. The van der Waals surface area contributed by atoms with E-state index in [9.17, 15) is 0 Å². The van der Waals surface area contributed by atoms with Crippen molar-refractivity contribution in [3.8, 4) is 5.75 Å². The SMILES string of the molecule is CCCCNc1ccnc(Nc2ccccc2OC(C)C)n1. The van der Waals surface area contributed by atoms with Gasteiger partial charge in [-0.3, -0.25) is 0 Å². The minimum absolute atomic E-state index is 0.117. The van der Waals surface area contributed by atoms with E-state index in [2.05, 4.69) is 27.5 Å². The molecule has 0 fully saturated rings. The Morgan fingerprint density at radius 1 is 1.18 bits per heavy atom. The Labute approximate surface area is 132 Å². The predicted octanol–water partition coefficient (Wildman–Crippen LogP) is 4.22. The molecule has 22 heavy (non-hydrogen) atoms. The molecule has 2 rings (SSSR count). The number of rotatable bonds is 8. The molecule has 1 heterocycles. The lowest BCUT2D eigenvalue weighted by molar-refractivity contribution is 0.244. The van der Waals surface area contributed by atoms with Crippen LogP contribution in [0.4, 0.5) is 17.5 Å². The highest BCUT2D eigenvalue weighted by atomic mass is 16.5. The molecule has 2 aromatic rings. The first-order valence-corrected chi connectivity index (χ1v) is 7.78. The molecule has 0 amide bonds. The van der Waals surface area contributed by atoms with E-state index in [4.69, 9.17) is 4.74 Å². The molecule has 0 aliphatic heterocycles. The Bertz CT molecular complexity index is 586. The molecule has 0 radical (unpaired) electrons. The number of hydrogen-bond donors (Lipinski definition) is 2. The Hall–Kier alpha value is -2.30. The van der Waals surface area contributed by atoms with Crippen LogP contribution in [0.1, 0.15) is 33.6 Å². The number of anilines is 3. The summed E-state index contributed by atoms with van der Waals surface area (Å²) in [6.07, 6.45) is 4.14. The molecule has 0 aliphatic rings. The normalized spacial score (nSPS) is 10.5. The molecule has 0 saturated carbocycles. The van der Waals surface area contributed by atoms with Crippen molar-refractivity contribution < 1.29 is 4.74 Å². The van der Waals surface area contributed by atoms with Crippen LogP contribution in [-0.4, -0.2) is 22.6 Å². The van der Waals surface area contributed by atoms with E-state index in [1.807, 2.05) is 44.2 Å². The average Bonchev–Trinajstić information content (AvgIpc) is 2.49. The maximum absolute atomic E-state index is 5.79. The number of para-hydroxylation sites is 2. The minimum Gasteiger partial charge on any atom is -0.489 e. The van der Waals surface area contributed by atoms with Gasteiger partial charge in [0.25, 0.3) is 0 Å². The van der Waals surface area contributed by atoms with E-state index in [1.165, 1.54) is 0 Å². The first-order chi connectivity index (χ1) is 10.7. The van der Waals surface area contributed by atoms with Gasteiger partial charge in [-0.1, -0.05) is 25.5 Å². The zero-order valence-corrected chi connectivity index (χ0v) is 13.5. The van der Waals surface area contributed by atoms with E-state index in [-0.39, 0.29) is 6.10 Å². The van der Waals surface area contributed by atoms with Gasteiger partial charge in [0.1, 0.15) is 11.6 Å². The summed E-state index contributed by atoms with van der Waals surface area (Å²) in [5, 5.41) is 6.52. The van der Waals surface area contributed by atoms with E-state index in [0.29, 0.717) is 5.95 Å². The third-order valence-electron chi connectivity index (χ3n) is 2.99. The van der Waals surface area contributed by atoms with E-state index >= 15 is 0 Å². The number of ether oxygens (including phenoxy) is 1. The molecule has 0 bridgehead atoms. The van der Waals surface area contributed by atoms with Gasteiger partial charge in [-0.2, -0.15) is 4.98 Å². The zero-order chi connectivity index (χ0) is 15.8. The van der Waals surface area contributed by atoms with Crippen molar-refractivity contribution in [1.82, 2.24) is 9.97 Å². The smallest absolute Gasteiger partial charge is 0.229 e. The molecule has 0 saturated heterocycles. The highest BCUT2D eigenvalue weighted by molar-refractivity contribution is 5.62. The number of aromatic nitrogens is 2. The van der Waals surface area contributed by atoms with Crippen molar-refractivity contribution in [1.29, 1.82) is 0 Å². The Balaban J connectivity index is 2.09. The largest absolute Gasteiger partial charge is 0.489 e. The second-order valence-electron chi connectivity index (χ2n) is 5.33. The third-order valence-corrected chi connectivity index (χ3v) is 2.99. The van der Waals surface area contributed by atoms with E-state index in [0.717, 1.165) is 36.6 Å². The fourth-order valence-corrected chi connectivity index (χ4v) is 1.96. The molecule has 0 atom stereocenters. The highest BCUT2D eigenvalue weighted by Crippen LogP contribution is 2.27. The van der Waals surface area contributed by atoms with Crippen molar-refractivity contribution in [3.63, 3.8) is 0 Å². The lowest BCUT2D eigenvalue weighted by Crippen LogP contribution is -2.08. The van der Waals surface area contributed by atoms with Crippen LogP contribution < -0.4 is 15.4 Å². The van der Waals surface area contributed by atoms with Gasteiger partial charge in [0, 0.05) is 12.7 Å². The Morgan fingerprint density at radius 3 is 2.77 bits per heavy atom. The van der Waals surface area contributed by atoms with Gasteiger partial charge in [0.05, 0.1) is 11.8 Å². The summed E-state index contributed by atoms with van der Waals surface area (Å²) in [5.74, 6) is 2.18. The van der Waals surface area contributed by atoms with Crippen molar-refractivity contribution in [2.24, 2.45) is 0 Å². The van der Waals surface area contributed by atoms with Gasteiger partial charge in [-0.15, -0.1) is 0 Å². The van der Waals surface area contributed by atoms with Crippen molar-refractivity contribution in [2.45, 2.75) is 39.7 Å². The number of hydrogen-bond acceptors (Lipinski definition) is 5. The standard InChI is InChI=1S/C17H24N4O/c1-4-5-11-18-16-10-12-19-17(21-16)20-14-8-6-7-9-15(14)22-13(2)3/h6-10,12-13H,4-5,11H2,1-3H3,(H2,18,19,20,21). The molecule has 5 heteroatoms. The van der Waals surface area contributed by atoms with Crippen molar-refractivity contribution in [3.05, 3.63) is 36.5 Å². The van der Waals surface area contributed by atoms with Gasteiger partial charge in [-0.25, -0.2) is 4.98 Å². The molecule has 0 unspecified atom stereocenters. The van der Waals surface area contributed by atoms with Gasteiger partial charge in [0.2, 0.25) is 5.95 Å². The molecule has 0 spiro atoms. The van der Waals surface area contributed by atoms with Crippen LogP contribution in [0.15, 0.2) is 36.5 Å². The number of nitrogens with one attached hydrogen (secondary N) is 2. The maximum Gasteiger partial charge on any atom is 0.229 e. The Kier molecular flexibility index (Phi) is 6.01. The topological polar surface area (TPSA) is 59.1 Å². The zero-order valence-electron chi connectivity index (χ0n) is 13.5. The first-order valence-electron chi connectivity index (χ1n) is 7.78. The summed E-state index contributed by atoms with van der Waals surface area (Å²) >= 11 is 0. The van der Waals surface area contributed by atoms with Gasteiger partial charge in [0.15, 0.2) is 0 Å². The van der Waals surface area contributed by atoms with Crippen LogP contribution in [0.25, 0.3) is 0 Å². The van der Waals surface area contributed by atoms with Crippen LogP contribution >= 0.6 is 0 Å². The fourth-order valence-electron chi connectivity index (χ4n) is 1.96. The van der Waals surface area contributed by atoms with Crippen LogP contribution in [0.5, 0.6) is 5.75 Å². The molecule has 118 valence electrons. The molecule has 5 nitrogen and oxygen atoms in total. The van der Waals surface area contributed by atoms with Crippen molar-refractivity contribution in [2.75, 3.05) is 17.2 Å². The quantitative estimate of drug-likeness (QED) is 0.715. The summed E-state index contributed by atoms with van der Waals surface area (Å²) in [4.78, 5) is 8.74. The highest BCUT2D eigenvalue weighted by Gasteiger charge is 2.07. The fraction of sp³-hybridized carbons (Fsp3) is 0.412. The molecule has 1 aromatic heterocycles. The maximum atomic E-state index is 5.79. The lowest BCUT2D eigenvalue weighted by atomic mass is 10.3. The molecule has 1 aromatic carbocycles. The summed E-state index contributed by atoms with van der Waals surface area (Å²) < 4.78 is 5.79. The second-order valence-corrected chi connectivity index (χ2v) is 5.33. The van der Waals surface area contributed by atoms with Crippen molar-refractivity contribution >= 4 is 17.5 Å². The minimum atomic E-state index is 0.117. The van der Waals surface area contributed by atoms with Crippen LogP contribution in [0.3, 0.4) is 0 Å². The summed E-state index contributed by atoms with van der Waals surface area (Å²) in [5.41, 5.74) is 0.863. The summed E-state index contributed by atoms with van der Waals surface area (Å²) in [6.45, 7) is 7.09. The predicted molar refractivity (Wildman–Crippen MR) is 90.9 cm³/mol. The molecule has 0 aliphatic carbocycles. The second kappa shape index (κ2) is 8.22. The first kappa shape index (κ1) is 16.1. The molecular formula is C17H24N4O. The Morgan fingerprint density at radius 2 is 2.00 bits per heavy atom. The van der Waals surface area contributed by atoms with Crippen LogP contribution in [0, 0.1) is 0 Å². The van der Waals surface area contributed by atoms with Crippen LogP contribution in [0.2, 0.25) is 0 Å². The third kappa shape index (κ3) is 4.91. The monoisotopic (exact) mass is 300 g/mol. The average molecular weight is 300 g/mol. The molecular weight excluding hydrogens is 276 g/mol. The van der Waals surface area contributed by atoms with Gasteiger partial charge < -0.3 is 15.4 Å². The molecule has 2 N–H and O–H groups in total. The van der Waals surface area contributed by atoms with E-state index < -0.39 is 0 Å². The number of unbranched alkanes of at least 4 members (excludes halogenated alkanes) is 1. The number of benzene rings is 1. The summed E-state index contributed by atoms with van der Waals surface area (Å²) in [7, 11) is 0. The van der Waals surface area contributed by atoms with E-state index in [1.54, 1.807) is 6.20 Å². The van der Waals surface area contributed by atoms with Gasteiger partial charge in [-0.05, 0) is 38.5 Å². The van der Waals surface area contributed by atoms with Crippen LogP contribution in [-0.2, 0) is 0 Å². The van der Waals surface area contributed by atoms with Gasteiger partial charge >= 0.3 is 0 Å².